The predicted octanol–water partition coefficient (Wildman–Crippen LogP) is 3.56. The largest absolute Gasteiger partial charge is 0.507 e. The molecular formula is C56H61N5O18. The van der Waals surface area contributed by atoms with E-state index in [9.17, 15) is 59.1 Å². The van der Waals surface area contributed by atoms with E-state index in [1.807, 2.05) is 0 Å². The summed E-state index contributed by atoms with van der Waals surface area (Å²) in [5.41, 5.74) is -2.69. The number of rotatable bonds is 18. The number of ketones is 3. The van der Waals surface area contributed by atoms with Gasteiger partial charge in [-0.2, -0.15) is 0 Å². The molecule has 1 aromatic heterocycles. The number of carbonyl (C=O) groups excluding carboxylic acids is 7. The van der Waals surface area contributed by atoms with Gasteiger partial charge in [0.2, 0.25) is 17.6 Å². The first kappa shape index (κ1) is 57.0. The summed E-state index contributed by atoms with van der Waals surface area (Å²) in [6, 6.07) is 11.5. The highest BCUT2D eigenvalue weighted by molar-refractivity contribution is 6.31. The third kappa shape index (κ3) is 11.3. The molecule has 0 radical (unpaired) electrons. The molecule has 4 amide bonds. The molecule has 9 N–H and O–H groups in total. The molecular weight excluding hydrogens is 1030 g/mol. The Kier molecular flexibility index (Phi) is 16.6. The fourth-order valence-corrected chi connectivity index (χ4v) is 10.1. The molecule has 1 aliphatic heterocycles. The Morgan fingerprint density at radius 3 is 2.24 bits per heavy atom. The summed E-state index contributed by atoms with van der Waals surface area (Å²) in [5.74, 6) is -6.65. The molecule has 1 fully saturated rings. The van der Waals surface area contributed by atoms with E-state index in [1.165, 1.54) is 64.5 Å². The molecule has 4 aromatic carbocycles. The number of aromatic nitrogens is 1. The van der Waals surface area contributed by atoms with Gasteiger partial charge in [0.1, 0.15) is 71.5 Å². The van der Waals surface area contributed by atoms with Gasteiger partial charge in [0.05, 0.1) is 66.0 Å². The number of methoxy groups -OCH3 is 2. The van der Waals surface area contributed by atoms with Crippen molar-refractivity contribution in [1.29, 1.82) is 0 Å². The van der Waals surface area contributed by atoms with E-state index in [0.29, 0.717) is 11.5 Å². The summed E-state index contributed by atoms with van der Waals surface area (Å²) in [7, 11) is 2.66. The van der Waals surface area contributed by atoms with Crippen molar-refractivity contribution in [2.45, 2.75) is 116 Å². The first-order valence-corrected chi connectivity index (χ1v) is 25.3. The summed E-state index contributed by atoms with van der Waals surface area (Å²) in [6.45, 7) is 8.67. The number of amides is 4. The third-order valence-electron chi connectivity index (χ3n) is 14.4. The number of aryl methyl sites for hydroxylation is 2. The average Bonchev–Trinajstić information content (AvgIpc) is 3.75. The SMILES string of the molecule is COc1cc(NC(=O)c2ccccc2OCc2c(C)noc2C)cc(C(=O)N[C@H](C(=O)N[C@@H](C)C(=O)N[C@H]2C[C@H](O[C@H]3C[C@](O)(C(=O)CO)Cc4c(O)c5c(c(O)c43)C(=O)c3c(OC)cccc3C5=O)O[C@@H](C)[C@H]2O)C(C)C)c1. The highest BCUT2D eigenvalue weighted by atomic mass is 16.7. The van der Waals surface area contributed by atoms with Crippen molar-refractivity contribution in [2.24, 2.45) is 5.92 Å². The number of phenolic OH excluding ortho intramolecular Hbond substituents is 2. The number of Topliss-reactive ketones (excluding diaryl/α,β-unsaturated/α-hetero) is 1. The molecule has 5 aromatic rings. The molecule has 8 atom stereocenters. The van der Waals surface area contributed by atoms with E-state index in [-0.39, 0.29) is 69.3 Å². The Balaban J connectivity index is 0.948. The van der Waals surface area contributed by atoms with Gasteiger partial charge in [-0.3, -0.25) is 33.6 Å². The van der Waals surface area contributed by atoms with Crippen LogP contribution in [0.25, 0.3) is 0 Å². The second-order valence-corrected chi connectivity index (χ2v) is 20.0. The van der Waals surface area contributed by atoms with Gasteiger partial charge in [-0.15, -0.1) is 0 Å². The van der Waals surface area contributed by atoms with E-state index < -0.39 is 137 Å². The maximum Gasteiger partial charge on any atom is 0.259 e. The van der Waals surface area contributed by atoms with Crippen molar-refractivity contribution in [1.82, 2.24) is 21.1 Å². The van der Waals surface area contributed by atoms with Crippen LogP contribution in [0.1, 0.15) is 127 Å². The van der Waals surface area contributed by atoms with Crippen molar-refractivity contribution in [3.05, 3.63) is 122 Å². The lowest BCUT2D eigenvalue weighted by molar-refractivity contribution is -0.249. The number of phenols is 2. The van der Waals surface area contributed by atoms with E-state index in [4.69, 9.17) is 28.2 Å². The van der Waals surface area contributed by atoms with Gasteiger partial charge in [-0.1, -0.05) is 43.3 Å². The number of ether oxygens (including phenoxy) is 5. The third-order valence-corrected chi connectivity index (χ3v) is 14.4. The number of nitrogens with zero attached hydrogens (tertiary/aromatic N) is 1. The first-order valence-electron chi connectivity index (χ1n) is 25.3. The lowest BCUT2D eigenvalue weighted by Crippen LogP contribution is -2.59. The van der Waals surface area contributed by atoms with Gasteiger partial charge in [0.25, 0.3) is 11.8 Å². The van der Waals surface area contributed by atoms with E-state index in [1.54, 1.807) is 52.0 Å². The smallest absolute Gasteiger partial charge is 0.259 e. The predicted molar refractivity (Wildman–Crippen MR) is 277 cm³/mol. The van der Waals surface area contributed by atoms with Crippen molar-refractivity contribution in [3.63, 3.8) is 0 Å². The van der Waals surface area contributed by atoms with Crippen LogP contribution in [-0.4, -0.2) is 135 Å². The first-order chi connectivity index (χ1) is 37.5. The van der Waals surface area contributed by atoms with Gasteiger partial charge in [-0.05, 0) is 63.9 Å². The highest BCUT2D eigenvalue weighted by Gasteiger charge is 2.50. The molecule has 0 bridgehead atoms. The minimum absolute atomic E-state index is 0.0176. The van der Waals surface area contributed by atoms with Crippen molar-refractivity contribution in [2.75, 3.05) is 26.1 Å². The number of hydrogen-bond acceptors (Lipinski definition) is 19. The lowest BCUT2D eigenvalue weighted by Gasteiger charge is -2.43. The quantitative estimate of drug-likeness (QED) is 0.0556. The van der Waals surface area contributed by atoms with Crippen LogP contribution in [0.5, 0.6) is 28.7 Å². The van der Waals surface area contributed by atoms with E-state index in [0.717, 1.165) is 5.56 Å². The number of carbonyl (C=O) groups is 7. The molecule has 2 aliphatic carbocycles. The molecule has 418 valence electrons. The second kappa shape index (κ2) is 23.0. The maximum absolute atomic E-state index is 14.1. The summed E-state index contributed by atoms with van der Waals surface area (Å²) in [5, 5.41) is 71.3. The van der Waals surface area contributed by atoms with Crippen LogP contribution >= 0.6 is 0 Å². The Bertz CT molecular complexity index is 3240. The number of benzene rings is 4. The number of aromatic hydroxyl groups is 2. The van der Waals surface area contributed by atoms with Gasteiger partial charge < -0.3 is 75.0 Å². The molecule has 23 nitrogen and oxygen atoms in total. The fourth-order valence-electron chi connectivity index (χ4n) is 10.1. The van der Waals surface area contributed by atoms with Gasteiger partial charge in [-0.25, -0.2) is 0 Å². The molecule has 1 saturated heterocycles. The molecule has 3 aliphatic rings. The second-order valence-electron chi connectivity index (χ2n) is 20.0. The van der Waals surface area contributed by atoms with Crippen LogP contribution in [0.15, 0.2) is 65.2 Å². The summed E-state index contributed by atoms with van der Waals surface area (Å²) in [6.07, 6.45) is -7.07. The van der Waals surface area contributed by atoms with E-state index in [2.05, 4.69) is 26.4 Å². The molecule has 8 rings (SSSR count). The van der Waals surface area contributed by atoms with Crippen LogP contribution in [0, 0.1) is 19.8 Å². The number of para-hydroxylation sites is 1. The number of aliphatic hydroxyl groups is 3. The van der Waals surface area contributed by atoms with E-state index >= 15 is 0 Å². The van der Waals surface area contributed by atoms with Gasteiger partial charge in [0.15, 0.2) is 17.9 Å². The number of hydrogen-bond donors (Lipinski definition) is 9. The van der Waals surface area contributed by atoms with Crippen LogP contribution in [0.2, 0.25) is 0 Å². The Hall–Kier alpha value is -8.22. The standard InChI is InChI=1S/C56H61N5O18/c1-24(2)46(60-53(70)29-16-30(18-31(17-29)74-7)58-54(71)32-12-9-10-14-37(32)76-23-35-25(3)61-79-27(35)5)55(72)57-26(4)52(69)59-36-19-41(77-28(6)47(36)64)78-39-21-56(73,40(63)22-62)20-34-43(39)51(68)45-44(49(34)66)48(65)33-13-11-15-38(75-8)42(33)50(45)67/h9-18,24,26,28,36,39,41,46-47,62,64,66,68,73H,19-23H2,1-8H3,(H,57,72)(H,58,71)(H,59,69)(H,60,70)/t26-,28-,36-,39-,41-,46-,47+,56-/m0/s1. The highest BCUT2D eigenvalue weighted by Crippen LogP contribution is 2.52. The molecule has 79 heavy (non-hydrogen) atoms. The monoisotopic (exact) mass is 1090 g/mol. The Morgan fingerprint density at radius 2 is 1.57 bits per heavy atom. The van der Waals surface area contributed by atoms with Crippen LogP contribution in [0.4, 0.5) is 5.69 Å². The van der Waals surface area contributed by atoms with Crippen molar-refractivity contribution in [3.8, 4) is 28.7 Å². The van der Waals surface area contributed by atoms with Crippen LogP contribution in [-0.2, 0) is 36.9 Å². The number of nitrogens with one attached hydrogen (secondary N) is 4. The zero-order chi connectivity index (χ0) is 57.4. The average molecular weight is 1090 g/mol. The summed E-state index contributed by atoms with van der Waals surface area (Å²) < 4.78 is 34.3. The minimum Gasteiger partial charge on any atom is -0.507 e. The zero-order valence-corrected chi connectivity index (χ0v) is 44.4. The minimum atomic E-state index is -2.43. The summed E-state index contributed by atoms with van der Waals surface area (Å²) >= 11 is 0. The van der Waals surface area contributed by atoms with Crippen LogP contribution < -0.4 is 35.5 Å². The van der Waals surface area contributed by atoms with Crippen LogP contribution in [0.3, 0.4) is 0 Å². The van der Waals surface area contributed by atoms with Crippen molar-refractivity contribution < 1.29 is 87.3 Å². The molecule has 2 heterocycles. The van der Waals surface area contributed by atoms with Gasteiger partial charge in [0, 0.05) is 53.3 Å². The number of fused-ring (bicyclic) bond motifs is 3. The fraction of sp³-hybridized carbons (Fsp3) is 0.393. The van der Waals surface area contributed by atoms with Crippen molar-refractivity contribution >= 4 is 46.7 Å². The lowest BCUT2D eigenvalue weighted by atomic mass is 9.72. The molecule has 0 saturated carbocycles. The summed E-state index contributed by atoms with van der Waals surface area (Å²) in [4.78, 5) is 96.4. The normalized spacial score (nSPS) is 21.1. The molecule has 0 unspecified atom stereocenters. The molecule has 0 spiro atoms. The Labute approximate surface area is 452 Å². The zero-order valence-electron chi connectivity index (χ0n) is 44.4. The maximum atomic E-state index is 14.1. The van der Waals surface area contributed by atoms with Gasteiger partial charge >= 0.3 is 0 Å². The number of anilines is 1. The Morgan fingerprint density at radius 1 is 0.861 bits per heavy atom. The number of aliphatic hydroxyl groups excluding tert-OH is 2. The topological polar surface area (TPSA) is 341 Å². The molecule has 23 heteroatoms.